The normalized spacial score (nSPS) is 15.4. The molecule has 11 heteroatoms. The first-order valence-corrected chi connectivity index (χ1v) is 8.54. The molecule has 1 aliphatic rings. The van der Waals surface area contributed by atoms with Crippen molar-refractivity contribution >= 4 is 23.6 Å². The number of fused-ring (bicyclic) bond motifs is 1. The quantitative estimate of drug-likeness (QED) is 0.407. The van der Waals surface area contributed by atoms with E-state index >= 15 is 0 Å². The summed E-state index contributed by atoms with van der Waals surface area (Å²) < 4.78 is 1.56. The molecule has 0 saturated heterocycles. The van der Waals surface area contributed by atoms with Crippen LogP contribution in [0.1, 0.15) is 25.5 Å². The summed E-state index contributed by atoms with van der Waals surface area (Å²) in [5, 5.41) is 19.9. The summed E-state index contributed by atoms with van der Waals surface area (Å²) in [6.07, 6.45) is 5.12. The molecule has 11 nitrogen and oxygen atoms in total. The molecule has 140 valence electrons. The molecule has 0 atom stereocenters. The van der Waals surface area contributed by atoms with E-state index in [0.717, 1.165) is 12.8 Å². The summed E-state index contributed by atoms with van der Waals surface area (Å²) >= 11 is 0. The Kier molecular flexibility index (Phi) is 4.11. The number of amides is 2. The first-order chi connectivity index (χ1) is 13.0. The van der Waals surface area contributed by atoms with Gasteiger partial charge in [0.15, 0.2) is 11.1 Å². The Labute approximate surface area is 151 Å². The van der Waals surface area contributed by atoms with Crippen molar-refractivity contribution in [1.29, 1.82) is 0 Å². The lowest BCUT2D eigenvalue weighted by Crippen LogP contribution is -2.30. The van der Waals surface area contributed by atoms with Gasteiger partial charge < -0.3 is 15.4 Å². The zero-order chi connectivity index (χ0) is 19.0. The smallest absolute Gasteiger partial charge is 0.326 e. The van der Waals surface area contributed by atoms with Crippen LogP contribution in [0.2, 0.25) is 0 Å². The van der Waals surface area contributed by atoms with Crippen molar-refractivity contribution in [2.75, 3.05) is 11.9 Å². The van der Waals surface area contributed by atoms with E-state index in [9.17, 15) is 14.7 Å². The summed E-state index contributed by atoms with van der Waals surface area (Å²) in [6, 6.07) is 1.53. The maximum absolute atomic E-state index is 11.9. The van der Waals surface area contributed by atoms with Crippen LogP contribution in [0.25, 0.3) is 11.7 Å². The standard InChI is InChI=1S/C16H18N8O3/c1-2-17-15(26)22-11-6-12(19-9-3-4-9)24-13(21-11)8(7-18-24)5-10-14(25)23-16(27)20-10/h5-7,9,25H,2-4H2,1H3,(H2,17,22,26)(H2,20,23,27). The number of hydrogen-bond acceptors (Lipinski definition) is 6. The summed E-state index contributed by atoms with van der Waals surface area (Å²) in [4.78, 5) is 37.0. The highest BCUT2D eigenvalue weighted by Gasteiger charge is 2.20. The van der Waals surface area contributed by atoms with E-state index in [1.165, 1.54) is 0 Å². The van der Waals surface area contributed by atoms with Crippen molar-refractivity contribution in [1.82, 2.24) is 29.9 Å². The molecule has 0 bridgehead atoms. The number of carbonyl (C=O) groups is 1. The Bertz CT molecular complexity index is 1180. The van der Waals surface area contributed by atoms with Crippen LogP contribution >= 0.6 is 0 Å². The van der Waals surface area contributed by atoms with Crippen LogP contribution in [0.15, 0.2) is 22.1 Å². The van der Waals surface area contributed by atoms with Crippen LogP contribution in [0, 0.1) is 0 Å². The number of nitrogens with zero attached hydrogens (tertiary/aromatic N) is 4. The molecule has 1 fully saturated rings. The predicted molar refractivity (Wildman–Crippen MR) is 96.1 cm³/mol. The highest BCUT2D eigenvalue weighted by atomic mass is 16.3. The Morgan fingerprint density at radius 2 is 2.30 bits per heavy atom. The Morgan fingerprint density at radius 3 is 2.96 bits per heavy atom. The van der Waals surface area contributed by atoms with E-state index in [4.69, 9.17) is 0 Å². The molecular formula is C16H18N8O3. The molecule has 0 unspecified atom stereocenters. The van der Waals surface area contributed by atoms with Gasteiger partial charge in [-0.2, -0.15) is 9.61 Å². The molecule has 0 radical (unpaired) electrons. The maximum atomic E-state index is 11.9. The third kappa shape index (κ3) is 3.52. The number of carbonyl (C=O) groups excluding carboxylic acids is 1. The van der Waals surface area contributed by atoms with Crippen molar-refractivity contribution in [3.05, 3.63) is 39.1 Å². The van der Waals surface area contributed by atoms with Crippen LogP contribution < -0.4 is 27.0 Å². The average Bonchev–Trinajstić information content (AvgIpc) is 3.24. The summed E-state index contributed by atoms with van der Waals surface area (Å²) in [5.74, 6) is 0.0497. The average molecular weight is 370 g/mol. The number of anilines is 1. The molecule has 0 aromatic carbocycles. The third-order valence-corrected chi connectivity index (χ3v) is 3.96. The van der Waals surface area contributed by atoms with Crippen LogP contribution in [-0.4, -0.2) is 48.3 Å². The van der Waals surface area contributed by atoms with Gasteiger partial charge in [0.2, 0.25) is 5.88 Å². The SMILES string of the molecule is CCNC(=O)Nc1cc(=NC2CC2)n2ncc(=Cc3[nH]c(=O)[nH]c3O)c2n1. The lowest BCUT2D eigenvalue weighted by atomic mass is 10.3. The zero-order valence-corrected chi connectivity index (χ0v) is 14.5. The lowest BCUT2D eigenvalue weighted by Gasteiger charge is -2.05. The second-order valence-corrected chi connectivity index (χ2v) is 6.17. The molecule has 0 aliphatic heterocycles. The molecule has 2 amide bonds. The van der Waals surface area contributed by atoms with Crippen LogP contribution in [0.4, 0.5) is 10.6 Å². The van der Waals surface area contributed by atoms with E-state index in [1.807, 2.05) is 6.92 Å². The molecule has 27 heavy (non-hydrogen) atoms. The number of rotatable bonds is 4. The van der Waals surface area contributed by atoms with Crippen molar-refractivity contribution in [3.63, 3.8) is 0 Å². The molecule has 3 aromatic rings. The van der Waals surface area contributed by atoms with E-state index in [1.54, 1.807) is 22.9 Å². The fourth-order valence-corrected chi connectivity index (χ4v) is 2.58. The molecule has 1 aliphatic carbocycles. The number of nitrogens with one attached hydrogen (secondary N) is 4. The first kappa shape index (κ1) is 16.8. The fourth-order valence-electron chi connectivity index (χ4n) is 2.58. The van der Waals surface area contributed by atoms with E-state index in [0.29, 0.717) is 28.7 Å². The van der Waals surface area contributed by atoms with Crippen molar-refractivity contribution in [3.8, 4) is 5.88 Å². The van der Waals surface area contributed by atoms with Gasteiger partial charge in [-0.3, -0.25) is 15.3 Å². The van der Waals surface area contributed by atoms with E-state index < -0.39 is 5.69 Å². The number of aromatic nitrogens is 5. The minimum atomic E-state index is -0.522. The van der Waals surface area contributed by atoms with Gasteiger partial charge in [0.1, 0.15) is 11.5 Å². The Balaban J connectivity index is 1.88. The highest BCUT2D eigenvalue weighted by molar-refractivity contribution is 5.88. The number of H-pyrrole nitrogens is 2. The topological polar surface area (TPSA) is 153 Å². The van der Waals surface area contributed by atoms with Gasteiger partial charge in [-0.15, -0.1) is 0 Å². The highest BCUT2D eigenvalue weighted by Crippen LogP contribution is 2.22. The van der Waals surface area contributed by atoms with Crippen LogP contribution in [0.5, 0.6) is 5.88 Å². The summed E-state index contributed by atoms with van der Waals surface area (Å²) in [7, 11) is 0. The molecular weight excluding hydrogens is 352 g/mol. The maximum Gasteiger partial charge on any atom is 0.326 e. The zero-order valence-electron chi connectivity index (χ0n) is 14.5. The summed E-state index contributed by atoms with van der Waals surface area (Å²) in [5.41, 5.74) is 0.691. The second kappa shape index (κ2) is 6.59. The van der Waals surface area contributed by atoms with Crippen LogP contribution in [0.3, 0.4) is 0 Å². The second-order valence-electron chi connectivity index (χ2n) is 6.17. The van der Waals surface area contributed by atoms with Crippen molar-refractivity contribution < 1.29 is 9.90 Å². The van der Waals surface area contributed by atoms with Gasteiger partial charge in [-0.1, -0.05) is 0 Å². The molecule has 3 aromatic heterocycles. The number of hydrogen-bond donors (Lipinski definition) is 5. The minimum absolute atomic E-state index is 0.208. The monoisotopic (exact) mass is 370 g/mol. The molecule has 0 spiro atoms. The van der Waals surface area contributed by atoms with Gasteiger partial charge in [0.05, 0.1) is 12.2 Å². The fraction of sp³-hybridized carbons (Fsp3) is 0.312. The minimum Gasteiger partial charge on any atom is -0.493 e. The van der Waals surface area contributed by atoms with E-state index in [2.05, 4.69) is 35.7 Å². The van der Waals surface area contributed by atoms with Gasteiger partial charge in [0.25, 0.3) is 0 Å². The largest absolute Gasteiger partial charge is 0.493 e. The summed E-state index contributed by atoms with van der Waals surface area (Å²) in [6.45, 7) is 2.30. The first-order valence-electron chi connectivity index (χ1n) is 8.54. The Morgan fingerprint density at radius 1 is 1.48 bits per heavy atom. The van der Waals surface area contributed by atoms with Gasteiger partial charge in [0, 0.05) is 17.8 Å². The van der Waals surface area contributed by atoms with Gasteiger partial charge >= 0.3 is 11.7 Å². The number of imidazole rings is 1. The molecule has 1 saturated carbocycles. The number of aromatic amines is 2. The number of urea groups is 1. The van der Waals surface area contributed by atoms with Gasteiger partial charge in [-0.25, -0.2) is 14.6 Å². The predicted octanol–water partition coefficient (Wildman–Crippen LogP) is -0.796. The van der Waals surface area contributed by atoms with Gasteiger partial charge in [-0.05, 0) is 25.8 Å². The van der Waals surface area contributed by atoms with E-state index in [-0.39, 0.29) is 23.6 Å². The molecule has 5 N–H and O–H groups in total. The Hall–Kier alpha value is -3.63. The van der Waals surface area contributed by atoms with Crippen molar-refractivity contribution in [2.24, 2.45) is 4.99 Å². The lowest BCUT2D eigenvalue weighted by molar-refractivity contribution is 0.252. The molecule has 4 rings (SSSR count). The third-order valence-electron chi connectivity index (χ3n) is 3.96. The van der Waals surface area contributed by atoms with Crippen LogP contribution in [-0.2, 0) is 0 Å². The molecule has 3 heterocycles. The van der Waals surface area contributed by atoms with Crippen molar-refractivity contribution in [2.45, 2.75) is 25.8 Å². The number of aromatic hydroxyl groups is 1.